The molecule has 0 unspecified atom stereocenters. The number of nitrogens with two attached hydrogens (primary N) is 1. The van der Waals surface area contributed by atoms with Crippen LogP contribution >= 0.6 is 0 Å². The van der Waals surface area contributed by atoms with Crippen molar-refractivity contribution < 1.29 is 4.74 Å². The van der Waals surface area contributed by atoms with Gasteiger partial charge in [-0.15, -0.1) is 0 Å². The maximum Gasteiger partial charge on any atom is 0.0648 e. The number of hydrogen-bond acceptors (Lipinski definition) is 3. The van der Waals surface area contributed by atoms with E-state index >= 15 is 0 Å². The lowest BCUT2D eigenvalue weighted by Gasteiger charge is -2.33. The van der Waals surface area contributed by atoms with Crippen molar-refractivity contribution >= 4 is 11.4 Å². The molecule has 0 atom stereocenters. The smallest absolute Gasteiger partial charge is 0.0648 e. The Hall–Kier alpha value is -1.22. The van der Waals surface area contributed by atoms with Crippen LogP contribution in [0.15, 0.2) is 18.2 Å². The van der Waals surface area contributed by atoms with Crippen LogP contribution in [0.3, 0.4) is 0 Å². The van der Waals surface area contributed by atoms with E-state index in [1.165, 1.54) is 17.7 Å². The van der Waals surface area contributed by atoms with Gasteiger partial charge in [-0.25, -0.2) is 0 Å². The molecule has 0 spiro atoms. The zero-order valence-electron chi connectivity index (χ0n) is 11.7. The molecule has 0 bridgehead atoms. The Balaban J connectivity index is 2.04. The van der Waals surface area contributed by atoms with Crippen molar-refractivity contribution in [3.05, 3.63) is 23.8 Å². The number of nitrogen functional groups attached to an aromatic ring is 1. The van der Waals surface area contributed by atoms with E-state index in [1.54, 1.807) is 0 Å². The number of ether oxygens (including phenoxy) is 1. The summed E-state index contributed by atoms with van der Waals surface area (Å²) in [6, 6.07) is 6.22. The summed E-state index contributed by atoms with van der Waals surface area (Å²) >= 11 is 0. The van der Waals surface area contributed by atoms with Crippen molar-refractivity contribution in [2.45, 2.75) is 39.2 Å². The highest BCUT2D eigenvalue weighted by Crippen LogP contribution is 2.32. The number of hydrogen-bond donors (Lipinski definition) is 1. The number of nitrogens with zero attached hydrogens (tertiary/aromatic N) is 1. The fourth-order valence-corrected chi connectivity index (χ4v) is 2.46. The second-order valence-corrected chi connectivity index (χ2v) is 5.91. The Morgan fingerprint density at radius 2 is 2.11 bits per heavy atom. The van der Waals surface area contributed by atoms with E-state index in [-0.39, 0.29) is 5.60 Å². The van der Waals surface area contributed by atoms with E-state index in [4.69, 9.17) is 10.5 Å². The van der Waals surface area contributed by atoms with Crippen molar-refractivity contribution in [3.63, 3.8) is 0 Å². The molecular weight excluding hydrogens is 224 g/mol. The van der Waals surface area contributed by atoms with Gasteiger partial charge >= 0.3 is 0 Å². The van der Waals surface area contributed by atoms with Gasteiger partial charge < -0.3 is 15.4 Å². The monoisotopic (exact) mass is 248 g/mol. The van der Waals surface area contributed by atoms with Gasteiger partial charge in [-0.2, -0.15) is 0 Å². The van der Waals surface area contributed by atoms with E-state index in [0.29, 0.717) is 0 Å². The largest absolute Gasteiger partial charge is 0.397 e. The summed E-state index contributed by atoms with van der Waals surface area (Å²) in [6.45, 7) is 9.01. The first-order valence-corrected chi connectivity index (χ1v) is 6.74. The molecule has 1 aliphatic heterocycles. The first kappa shape index (κ1) is 13.2. The minimum atomic E-state index is -0.0686. The number of para-hydroxylation sites is 1. The highest BCUT2D eigenvalue weighted by atomic mass is 16.5. The predicted octanol–water partition coefficient (Wildman–Crippen LogP) is 2.84. The SMILES string of the molecule is CC(C)(C)OCCN1CCCc2cccc(N)c21. The van der Waals surface area contributed by atoms with Crippen LogP contribution < -0.4 is 10.6 Å². The minimum absolute atomic E-state index is 0.0686. The molecule has 3 heteroatoms. The van der Waals surface area contributed by atoms with E-state index in [0.717, 1.165) is 31.8 Å². The number of benzene rings is 1. The zero-order valence-corrected chi connectivity index (χ0v) is 11.7. The molecule has 1 aromatic rings. The standard InChI is InChI=1S/C15H24N2O/c1-15(2,3)18-11-10-17-9-5-7-12-6-4-8-13(16)14(12)17/h4,6,8H,5,7,9-11,16H2,1-3H3. The van der Waals surface area contributed by atoms with E-state index in [1.807, 2.05) is 12.1 Å². The molecule has 0 saturated carbocycles. The van der Waals surface area contributed by atoms with E-state index in [2.05, 4.69) is 31.7 Å². The summed E-state index contributed by atoms with van der Waals surface area (Å²) in [4.78, 5) is 2.36. The normalized spacial score (nSPS) is 15.6. The van der Waals surface area contributed by atoms with Crippen LogP contribution in [-0.4, -0.2) is 25.3 Å². The summed E-state index contributed by atoms with van der Waals surface area (Å²) in [6.07, 6.45) is 2.34. The Bertz CT molecular complexity index is 409. The summed E-state index contributed by atoms with van der Waals surface area (Å²) < 4.78 is 5.80. The quantitative estimate of drug-likeness (QED) is 0.836. The topological polar surface area (TPSA) is 38.5 Å². The van der Waals surface area contributed by atoms with Crippen molar-refractivity contribution in [1.82, 2.24) is 0 Å². The molecule has 1 heterocycles. The molecule has 0 amide bonds. The number of rotatable bonds is 3. The number of aryl methyl sites for hydroxylation is 1. The van der Waals surface area contributed by atoms with Crippen LogP contribution in [0, 0.1) is 0 Å². The van der Waals surface area contributed by atoms with Crippen molar-refractivity contribution in [1.29, 1.82) is 0 Å². The predicted molar refractivity (Wildman–Crippen MR) is 77.1 cm³/mol. The van der Waals surface area contributed by atoms with Crippen molar-refractivity contribution in [3.8, 4) is 0 Å². The average molecular weight is 248 g/mol. The summed E-state index contributed by atoms with van der Waals surface area (Å²) in [5.74, 6) is 0. The minimum Gasteiger partial charge on any atom is -0.397 e. The van der Waals surface area contributed by atoms with Gasteiger partial charge in [0, 0.05) is 13.1 Å². The van der Waals surface area contributed by atoms with Crippen LogP contribution in [0.4, 0.5) is 11.4 Å². The van der Waals surface area contributed by atoms with Gasteiger partial charge in [0.05, 0.1) is 23.6 Å². The van der Waals surface area contributed by atoms with E-state index in [9.17, 15) is 0 Å². The van der Waals surface area contributed by atoms with Gasteiger partial charge in [-0.05, 0) is 45.2 Å². The molecule has 1 aliphatic rings. The van der Waals surface area contributed by atoms with Gasteiger partial charge in [-0.3, -0.25) is 0 Å². The van der Waals surface area contributed by atoms with Gasteiger partial charge in [0.1, 0.15) is 0 Å². The highest BCUT2D eigenvalue weighted by Gasteiger charge is 2.19. The van der Waals surface area contributed by atoms with Crippen LogP contribution in [0.5, 0.6) is 0 Å². The molecule has 3 nitrogen and oxygen atoms in total. The van der Waals surface area contributed by atoms with Gasteiger partial charge in [0.15, 0.2) is 0 Å². The zero-order chi connectivity index (χ0) is 13.2. The first-order valence-electron chi connectivity index (χ1n) is 6.74. The van der Waals surface area contributed by atoms with Crippen molar-refractivity contribution in [2.75, 3.05) is 30.3 Å². The lowest BCUT2D eigenvalue weighted by Crippen LogP contribution is -2.35. The highest BCUT2D eigenvalue weighted by molar-refractivity contribution is 5.72. The molecule has 18 heavy (non-hydrogen) atoms. The molecule has 100 valence electrons. The Morgan fingerprint density at radius 3 is 2.83 bits per heavy atom. The third-order valence-electron chi connectivity index (χ3n) is 3.24. The fourth-order valence-electron chi connectivity index (χ4n) is 2.46. The third-order valence-corrected chi connectivity index (χ3v) is 3.24. The van der Waals surface area contributed by atoms with Gasteiger partial charge in [0.25, 0.3) is 0 Å². The van der Waals surface area contributed by atoms with Gasteiger partial charge in [0.2, 0.25) is 0 Å². The molecule has 2 rings (SSSR count). The summed E-state index contributed by atoms with van der Waals surface area (Å²) in [5.41, 5.74) is 9.53. The van der Waals surface area contributed by atoms with Gasteiger partial charge in [-0.1, -0.05) is 12.1 Å². The first-order chi connectivity index (χ1) is 8.47. The Kier molecular flexibility index (Phi) is 3.81. The molecule has 0 radical (unpaired) electrons. The lowest BCUT2D eigenvalue weighted by atomic mass is 10.0. The molecule has 1 aromatic carbocycles. The maximum atomic E-state index is 6.11. The van der Waals surface area contributed by atoms with Crippen molar-refractivity contribution in [2.24, 2.45) is 0 Å². The maximum absolute atomic E-state index is 6.11. The second-order valence-electron chi connectivity index (χ2n) is 5.91. The van der Waals surface area contributed by atoms with Crippen LogP contribution in [-0.2, 0) is 11.2 Å². The number of fused-ring (bicyclic) bond motifs is 1. The van der Waals surface area contributed by atoms with Crippen LogP contribution in [0.25, 0.3) is 0 Å². The van der Waals surface area contributed by atoms with Crippen LogP contribution in [0.2, 0.25) is 0 Å². The number of anilines is 2. The molecule has 0 saturated heterocycles. The summed E-state index contributed by atoms with van der Waals surface area (Å²) in [5, 5.41) is 0. The van der Waals surface area contributed by atoms with Crippen LogP contribution in [0.1, 0.15) is 32.8 Å². The molecule has 0 aromatic heterocycles. The Morgan fingerprint density at radius 1 is 1.33 bits per heavy atom. The fraction of sp³-hybridized carbons (Fsp3) is 0.600. The molecular formula is C15H24N2O. The third kappa shape index (κ3) is 3.16. The molecule has 0 fully saturated rings. The van der Waals surface area contributed by atoms with E-state index < -0.39 is 0 Å². The summed E-state index contributed by atoms with van der Waals surface area (Å²) in [7, 11) is 0. The average Bonchev–Trinajstić information content (AvgIpc) is 2.27. The molecule has 0 aliphatic carbocycles. The second kappa shape index (κ2) is 5.19. The Labute approximate surface area is 110 Å². The molecule has 2 N–H and O–H groups in total. The lowest BCUT2D eigenvalue weighted by molar-refractivity contribution is 0.00129.